The van der Waals surface area contributed by atoms with Gasteiger partial charge in [-0.1, -0.05) is 77.8 Å². The maximum atomic E-state index is 8.69. The fourth-order valence-corrected chi connectivity index (χ4v) is 3.29. The molecule has 1 saturated carbocycles. The molecule has 0 spiro atoms. The molecule has 0 saturated heterocycles. The van der Waals surface area contributed by atoms with Gasteiger partial charge in [0, 0.05) is 4.91 Å². The molecule has 1 fully saturated rings. The molecule has 0 bridgehead atoms. The molecule has 1 unspecified atom stereocenters. The van der Waals surface area contributed by atoms with Crippen molar-refractivity contribution in [1.82, 2.24) is 0 Å². The summed E-state index contributed by atoms with van der Waals surface area (Å²) < 4.78 is 6.40. The Balaban J connectivity index is 2.42. The fourth-order valence-electron chi connectivity index (χ4n) is 3.29. The molecule has 0 aromatic heterocycles. The zero-order valence-electron chi connectivity index (χ0n) is 15.1. The van der Waals surface area contributed by atoms with Crippen LogP contribution in [-0.2, 0) is 4.74 Å². The Morgan fingerprint density at radius 3 is 2.45 bits per heavy atom. The second kappa shape index (κ2) is 10.1. The SMILES string of the molecule is CCCCCCCCC(O[C@H]1CCC[C@@H]1N=[N+]=[N-])C(C)(C)C. The Kier molecular flexibility index (Phi) is 8.89. The van der Waals surface area contributed by atoms with Gasteiger partial charge in [0.1, 0.15) is 0 Å². The van der Waals surface area contributed by atoms with Gasteiger partial charge in [-0.25, -0.2) is 0 Å². The van der Waals surface area contributed by atoms with Gasteiger partial charge in [-0.05, 0) is 30.2 Å². The molecule has 22 heavy (non-hydrogen) atoms. The number of azide groups is 1. The number of ether oxygens (including phenoxy) is 1. The summed E-state index contributed by atoms with van der Waals surface area (Å²) in [5.74, 6) is 0. The molecule has 1 aliphatic rings. The molecule has 4 nitrogen and oxygen atoms in total. The second-order valence-corrected chi connectivity index (χ2v) is 7.79. The molecule has 128 valence electrons. The van der Waals surface area contributed by atoms with Crippen LogP contribution in [0.5, 0.6) is 0 Å². The summed E-state index contributed by atoms with van der Waals surface area (Å²) in [4.78, 5) is 2.99. The summed E-state index contributed by atoms with van der Waals surface area (Å²) in [5, 5.41) is 3.93. The topological polar surface area (TPSA) is 58.0 Å². The zero-order chi connectivity index (χ0) is 16.4. The quantitative estimate of drug-likeness (QED) is 0.199. The summed E-state index contributed by atoms with van der Waals surface area (Å²) in [6.07, 6.45) is 12.5. The minimum absolute atomic E-state index is 0.0411. The average Bonchev–Trinajstić information content (AvgIpc) is 2.88. The van der Waals surface area contributed by atoms with E-state index in [0.29, 0.717) is 0 Å². The molecule has 0 N–H and O–H groups in total. The van der Waals surface area contributed by atoms with E-state index in [2.05, 4.69) is 37.7 Å². The summed E-state index contributed by atoms with van der Waals surface area (Å²) in [5.41, 5.74) is 8.83. The molecule has 0 radical (unpaired) electrons. The minimum Gasteiger partial charge on any atom is -0.374 e. The van der Waals surface area contributed by atoms with Gasteiger partial charge in [0.2, 0.25) is 0 Å². The molecule has 1 rings (SSSR count). The lowest BCUT2D eigenvalue weighted by atomic mass is 9.85. The maximum absolute atomic E-state index is 8.69. The van der Waals surface area contributed by atoms with Gasteiger partial charge < -0.3 is 4.74 Å². The first-order chi connectivity index (χ1) is 10.5. The molecule has 3 atom stereocenters. The number of rotatable bonds is 10. The van der Waals surface area contributed by atoms with Crippen LogP contribution >= 0.6 is 0 Å². The molecule has 1 aliphatic carbocycles. The van der Waals surface area contributed by atoms with E-state index in [-0.39, 0.29) is 23.7 Å². The maximum Gasteiger partial charge on any atom is 0.0663 e. The number of hydrogen-bond donors (Lipinski definition) is 0. The zero-order valence-corrected chi connectivity index (χ0v) is 15.1. The molecule has 0 aromatic carbocycles. The summed E-state index contributed by atoms with van der Waals surface area (Å²) in [6, 6.07) is 0.0411. The van der Waals surface area contributed by atoms with Crippen molar-refractivity contribution in [3.8, 4) is 0 Å². The molecule has 0 aromatic rings. The highest BCUT2D eigenvalue weighted by Crippen LogP contribution is 2.33. The predicted molar refractivity (Wildman–Crippen MR) is 92.9 cm³/mol. The van der Waals surface area contributed by atoms with E-state index in [1.807, 2.05) is 0 Å². The monoisotopic (exact) mass is 309 g/mol. The lowest BCUT2D eigenvalue weighted by Gasteiger charge is -2.34. The smallest absolute Gasteiger partial charge is 0.0663 e. The largest absolute Gasteiger partial charge is 0.374 e. The van der Waals surface area contributed by atoms with Gasteiger partial charge in [-0.3, -0.25) is 0 Å². The van der Waals surface area contributed by atoms with E-state index in [4.69, 9.17) is 10.3 Å². The highest BCUT2D eigenvalue weighted by Gasteiger charge is 2.33. The fraction of sp³-hybridized carbons (Fsp3) is 1.00. The van der Waals surface area contributed by atoms with Crippen LogP contribution in [0.1, 0.15) is 91.9 Å². The predicted octanol–water partition coefficient (Wildman–Crippen LogP) is 6.40. The van der Waals surface area contributed by atoms with Crippen LogP contribution < -0.4 is 0 Å². The van der Waals surface area contributed by atoms with Crippen LogP contribution in [0, 0.1) is 5.41 Å². The van der Waals surface area contributed by atoms with Gasteiger partial charge in [0.05, 0.1) is 18.2 Å². The molecular weight excluding hydrogens is 274 g/mol. The Hall–Kier alpha value is -0.730. The molecule has 0 amide bonds. The third-order valence-corrected chi connectivity index (χ3v) is 4.74. The first-order valence-electron chi connectivity index (χ1n) is 9.18. The van der Waals surface area contributed by atoms with Crippen LogP contribution in [-0.4, -0.2) is 18.2 Å². The average molecular weight is 309 g/mol. The molecular formula is C18H35N3O. The van der Waals surface area contributed by atoms with Crippen molar-refractivity contribution in [2.75, 3.05) is 0 Å². The van der Waals surface area contributed by atoms with Crippen molar-refractivity contribution >= 4 is 0 Å². The Morgan fingerprint density at radius 2 is 1.82 bits per heavy atom. The van der Waals surface area contributed by atoms with E-state index < -0.39 is 0 Å². The summed E-state index contributed by atoms with van der Waals surface area (Å²) in [7, 11) is 0. The normalized spacial score (nSPS) is 23.3. The van der Waals surface area contributed by atoms with Crippen molar-refractivity contribution in [3.05, 3.63) is 10.4 Å². The standard InChI is InChI=1S/C18H35N3O/c1-5-6-7-8-9-10-14-17(18(2,3)4)22-16-13-11-12-15(16)20-21-19/h15-17H,5-14H2,1-4H3/t15-,16-,17?/m0/s1. The third kappa shape index (κ3) is 7.02. The van der Waals surface area contributed by atoms with Crippen molar-refractivity contribution in [2.24, 2.45) is 10.5 Å². The number of hydrogen-bond acceptors (Lipinski definition) is 2. The van der Waals surface area contributed by atoms with Crippen LogP contribution in [0.3, 0.4) is 0 Å². The van der Waals surface area contributed by atoms with E-state index >= 15 is 0 Å². The molecule has 0 heterocycles. The Labute approximate surface area is 136 Å². The van der Waals surface area contributed by atoms with E-state index in [9.17, 15) is 0 Å². The number of nitrogens with zero attached hydrogens (tertiary/aromatic N) is 3. The van der Waals surface area contributed by atoms with E-state index in [0.717, 1.165) is 25.7 Å². The van der Waals surface area contributed by atoms with Crippen molar-refractivity contribution < 1.29 is 4.74 Å². The van der Waals surface area contributed by atoms with Crippen molar-refractivity contribution in [1.29, 1.82) is 0 Å². The van der Waals surface area contributed by atoms with Crippen LogP contribution in [0.4, 0.5) is 0 Å². The van der Waals surface area contributed by atoms with Crippen molar-refractivity contribution in [3.63, 3.8) is 0 Å². The number of unbranched alkanes of at least 4 members (excludes halogenated alkanes) is 5. The minimum atomic E-state index is 0.0411. The van der Waals surface area contributed by atoms with Gasteiger partial charge in [0.25, 0.3) is 0 Å². The molecule has 0 aliphatic heterocycles. The summed E-state index contributed by atoms with van der Waals surface area (Å²) in [6.45, 7) is 9.02. The van der Waals surface area contributed by atoms with Gasteiger partial charge in [0.15, 0.2) is 0 Å². The van der Waals surface area contributed by atoms with Gasteiger partial charge in [-0.2, -0.15) is 0 Å². The highest BCUT2D eigenvalue weighted by molar-refractivity contribution is 4.87. The van der Waals surface area contributed by atoms with Crippen LogP contribution in [0.15, 0.2) is 5.11 Å². The second-order valence-electron chi connectivity index (χ2n) is 7.79. The lowest BCUT2D eigenvalue weighted by Crippen LogP contribution is -2.35. The summed E-state index contributed by atoms with van der Waals surface area (Å²) >= 11 is 0. The van der Waals surface area contributed by atoms with Crippen LogP contribution in [0.2, 0.25) is 0 Å². The Morgan fingerprint density at radius 1 is 1.14 bits per heavy atom. The Bertz CT molecular complexity index is 345. The van der Waals surface area contributed by atoms with Gasteiger partial charge >= 0.3 is 0 Å². The van der Waals surface area contributed by atoms with E-state index in [1.165, 1.54) is 38.5 Å². The van der Waals surface area contributed by atoms with Crippen LogP contribution in [0.25, 0.3) is 10.4 Å². The first kappa shape index (κ1) is 19.3. The highest BCUT2D eigenvalue weighted by atomic mass is 16.5. The third-order valence-electron chi connectivity index (χ3n) is 4.74. The molecule has 4 heteroatoms. The van der Waals surface area contributed by atoms with Gasteiger partial charge in [-0.15, -0.1) is 0 Å². The van der Waals surface area contributed by atoms with Crippen molar-refractivity contribution in [2.45, 2.75) is 110 Å². The van der Waals surface area contributed by atoms with E-state index in [1.54, 1.807) is 0 Å². The lowest BCUT2D eigenvalue weighted by molar-refractivity contribution is -0.0731. The first-order valence-corrected chi connectivity index (χ1v) is 9.18.